The van der Waals surface area contributed by atoms with Crippen molar-refractivity contribution in [3.8, 4) is 16.2 Å². The van der Waals surface area contributed by atoms with E-state index in [1.54, 1.807) is 23.5 Å². The second-order valence-corrected chi connectivity index (χ2v) is 16.4. The van der Waals surface area contributed by atoms with Gasteiger partial charge in [-0.1, -0.05) is 48.8 Å². The van der Waals surface area contributed by atoms with Crippen LogP contribution in [-0.4, -0.2) is 14.1 Å². The van der Waals surface area contributed by atoms with E-state index in [2.05, 4.69) is 49.8 Å². The molecule has 0 amide bonds. The molecule has 4 aromatic rings. The molecule has 0 radical (unpaired) electrons. The van der Waals surface area contributed by atoms with Crippen molar-refractivity contribution in [2.45, 2.75) is 38.9 Å². The predicted molar refractivity (Wildman–Crippen MR) is 143 cm³/mol. The molecular formula is C27H26BrFO2SSi. The summed E-state index contributed by atoms with van der Waals surface area (Å²) in [6.07, 6.45) is 0. The van der Waals surface area contributed by atoms with Gasteiger partial charge in [-0.25, -0.2) is 4.39 Å². The Kier molecular flexibility index (Phi) is 6.38. The van der Waals surface area contributed by atoms with Gasteiger partial charge in [0.15, 0.2) is 5.78 Å². The molecule has 3 aromatic carbocycles. The SMILES string of the molecule is CC(C)(C)[Si](C)(C)Oc1ccc2c(C(=O)c3ccc(F)cc3)c(-c3ccc(Br)cc3)sc2c1. The molecule has 1 heterocycles. The molecule has 1 aromatic heterocycles. The summed E-state index contributed by atoms with van der Waals surface area (Å²) >= 11 is 5.07. The molecule has 170 valence electrons. The standard InChI is InChI=1S/C27H26BrFO2SSi/c1-27(2,3)33(4,5)31-21-14-15-22-23(16-21)32-26(18-6-10-19(28)11-7-18)24(22)25(30)17-8-12-20(29)13-9-17/h6-16H,1-5H3. The summed E-state index contributed by atoms with van der Waals surface area (Å²) in [5.74, 6) is 0.359. The van der Waals surface area contributed by atoms with Gasteiger partial charge in [-0.3, -0.25) is 4.79 Å². The number of benzene rings is 3. The summed E-state index contributed by atoms with van der Waals surface area (Å²) in [4.78, 5) is 14.5. The third-order valence-electron chi connectivity index (χ3n) is 6.28. The molecule has 0 N–H and O–H groups in total. The number of hydrogen-bond acceptors (Lipinski definition) is 3. The number of hydrogen-bond donors (Lipinski definition) is 0. The summed E-state index contributed by atoms with van der Waals surface area (Å²) in [7, 11) is -1.99. The minimum Gasteiger partial charge on any atom is -0.543 e. The van der Waals surface area contributed by atoms with Crippen LogP contribution in [0.1, 0.15) is 36.7 Å². The summed E-state index contributed by atoms with van der Waals surface area (Å²) in [5.41, 5.74) is 2.08. The Morgan fingerprint density at radius 2 is 1.61 bits per heavy atom. The highest BCUT2D eigenvalue weighted by molar-refractivity contribution is 9.10. The predicted octanol–water partition coefficient (Wildman–Crippen LogP) is 9.08. The molecule has 0 saturated heterocycles. The first-order chi connectivity index (χ1) is 15.5. The summed E-state index contributed by atoms with van der Waals surface area (Å²) in [6, 6.07) is 19.7. The highest BCUT2D eigenvalue weighted by Crippen LogP contribution is 2.43. The van der Waals surface area contributed by atoms with Crippen LogP contribution in [0, 0.1) is 5.82 Å². The largest absolute Gasteiger partial charge is 0.543 e. The Balaban J connectivity index is 1.86. The van der Waals surface area contributed by atoms with Crippen molar-refractivity contribution in [2.24, 2.45) is 0 Å². The maximum atomic E-state index is 13.6. The van der Waals surface area contributed by atoms with E-state index in [4.69, 9.17) is 4.43 Å². The normalized spacial score (nSPS) is 12.2. The lowest BCUT2D eigenvalue weighted by atomic mass is 9.97. The van der Waals surface area contributed by atoms with Crippen molar-refractivity contribution in [1.82, 2.24) is 0 Å². The van der Waals surface area contributed by atoms with Crippen LogP contribution < -0.4 is 4.43 Å². The zero-order chi connectivity index (χ0) is 24.0. The quantitative estimate of drug-likeness (QED) is 0.186. The van der Waals surface area contributed by atoms with Gasteiger partial charge in [-0.2, -0.15) is 0 Å². The van der Waals surface area contributed by atoms with Gasteiger partial charge < -0.3 is 4.43 Å². The van der Waals surface area contributed by atoms with Gasteiger partial charge in [0.2, 0.25) is 8.32 Å². The van der Waals surface area contributed by atoms with Crippen LogP contribution in [0.4, 0.5) is 4.39 Å². The first-order valence-corrected chi connectivity index (χ1v) is 15.3. The molecule has 0 aliphatic rings. The maximum Gasteiger partial charge on any atom is 0.250 e. The molecule has 2 nitrogen and oxygen atoms in total. The minimum absolute atomic E-state index is 0.0870. The minimum atomic E-state index is -1.99. The number of rotatable bonds is 5. The van der Waals surface area contributed by atoms with E-state index in [1.165, 1.54) is 12.1 Å². The molecule has 6 heteroatoms. The molecular weight excluding hydrogens is 515 g/mol. The van der Waals surface area contributed by atoms with E-state index in [0.717, 1.165) is 30.7 Å². The Labute approximate surface area is 207 Å². The number of fused-ring (bicyclic) bond motifs is 1. The van der Waals surface area contributed by atoms with Gasteiger partial charge in [-0.15, -0.1) is 11.3 Å². The topological polar surface area (TPSA) is 26.3 Å². The Morgan fingerprint density at radius 1 is 0.970 bits per heavy atom. The zero-order valence-corrected chi connectivity index (χ0v) is 22.7. The second-order valence-electron chi connectivity index (χ2n) is 9.67. The van der Waals surface area contributed by atoms with Crippen LogP contribution in [0.25, 0.3) is 20.5 Å². The van der Waals surface area contributed by atoms with E-state index in [-0.39, 0.29) is 16.6 Å². The number of halogens is 2. The van der Waals surface area contributed by atoms with Crippen LogP contribution in [-0.2, 0) is 0 Å². The third-order valence-corrected chi connectivity index (χ3v) is 12.4. The summed E-state index contributed by atoms with van der Waals surface area (Å²) in [6.45, 7) is 11.1. The maximum absolute atomic E-state index is 13.6. The molecule has 0 saturated carbocycles. The van der Waals surface area contributed by atoms with Crippen LogP contribution in [0.5, 0.6) is 5.75 Å². The fourth-order valence-corrected chi connectivity index (χ4v) is 5.88. The molecule has 0 aliphatic carbocycles. The van der Waals surface area contributed by atoms with Crippen LogP contribution in [0.2, 0.25) is 18.1 Å². The molecule has 33 heavy (non-hydrogen) atoms. The van der Waals surface area contributed by atoms with Gasteiger partial charge in [-0.05, 0) is 78.3 Å². The third kappa shape index (κ3) is 4.83. The lowest BCUT2D eigenvalue weighted by molar-refractivity contribution is 0.104. The second kappa shape index (κ2) is 8.82. The fraction of sp³-hybridized carbons (Fsp3) is 0.222. The Morgan fingerprint density at radius 3 is 2.21 bits per heavy atom. The molecule has 0 unspecified atom stereocenters. The molecule has 0 atom stereocenters. The van der Waals surface area contributed by atoms with Gasteiger partial charge in [0.1, 0.15) is 11.6 Å². The van der Waals surface area contributed by atoms with Crippen molar-refractivity contribution < 1.29 is 13.6 Å². The van der Waals surface area contributed by atoms with E-state index in [0.29, 0.717) is 11.1 Å². The highest BCUT2D eigenvalue weighted by Gasteiger charge is 2.39. The van der Waals surface area contributed by atoms with Crippen molar-refractivity contribution in [3.05, 3.63) is 88.1 Å². The first-order valence-electron chi connectivity index (χ1n) is 10.8. The summed E-state index contributed by atoms with van der Waals surface area (Å²) in [5, 5.41) is 0.971. The summed E-state index contributed by atoms with van der Waals surface area (Å²) < 4.78 is 22.0. The van der Waals surface area contributed by atoms with Gasteiger partial charge in [0.25, 0.3) is 0 Å². The van der Waals surface area contributed by atoms with E-state index >= 15 is 0 Å². The lowest BCUT2D eigenvalue weighted by Gasteiger charge is -2.36. The highest BCUT2D eigenvalue weighted by atomic mass is 79.9. The van der Waals surface area contributed by atoms with Crippen LogP contribution >= 0.6 is 27.3 Å². The number of carbonyl (C=O) groups excluding carboxylic acids is 1. The Hall–Kier alpha value is -2.28. The zero-order valence-electron chi connectivity index (χ0n) is 19.3. The lowest BCUT2D eigenvalue weighted by Crippen LogP contribution is -2.43. The average molecular weight is 542 g/mol. The van der Waals surface area contributed by atoms with Gasteiger partial charge in [0.05, 0.1) is 0 Å². The number of carbonyl (C=O) groups is 1. The fourth-order valence-electron chi connectivity index (χ4n) is 3.36. The van der Waals surface area contributed by atoms with Crippen LogP contribution in [0.15, 0.2) is 71.2 Å². The average Bonchev–Trinajstić information content (AvgIpc) is 3.12. The van der Waals surface area contributed by atoms with Crippen molar-refractivity contribution in [1.29, 1.82) is 0 Å². The van der Waals surface area contributed by atoms with Crippen LogP contribution in [0.3, 0.4) is 0 Å². The monoisotopic (exact) mass is 540 g/mol. The molecule has 0 spiro atoms. The van der Waals surface area contributed by atoms with E-state index in [9.17, 15) is 9.18 Å². The van der Waals surface area contributed by atoms with Gasteiger partial charge in [0, 0.05) is 30.6 Å². The molecule has 0 aliphatic heterocycles. The van der Waals surface area contributed by atoms with E-state index in [1.807, 2.05) is 42.5 Å². The number of ketones is 1. The van der Waals surface area contributed by atoms with Crippen molar-refractivity contribution in [3.63, 3.8) is 0 Å². The molecule has 0 fully saturated rings. The van der Waals surface area contributed by atoms with E-state index < -0.39 is 8.32 Å². The number of thiophene rings is 1. The van der Waals surface area contributed by atoms with Crippen molar-refractivity contribution in [2.75, 3.05) is 0 Å². The molecule has 4 rings (SSSR count). The smallest absolute Gasteiger partial charge is 0.250 e. The first kappa shape index (κ1) is 23.9. The van der Waals surface area contributed by atoms with Crippen molar-refractivity contribution >= 4 is 51.5 Å². The Bertz CT molecular complexity index is 1320. The van der Waals surface area contributed by atoms with Gasteiger partial charge >= 0.3 is 0 Å². The molecule has 0 bridgehead atoms.